The summed E-state index contributed by atoms with van der Waals surface area (Å²) in [5.74, 6) is -0.0867. The molecule has 61 heavy (non-hydrogen) atoms. The number of nitrogens with one attached hydrogen (secondary N) is 2. The van der Waals surface area contributed by atoms with E-state index in [-0.39, 0.29) is 45.7 Å². The van der Waals surface area contributed by atoms with Crippen LogP contribution in [0, 0.1) is 0 Å². The number of hydrogen-bond acceptors (Lipinski definition) is 11. The third-order valence-corrected chi connectivity index (χ3v) is 11.9. The van der Waals surface area contributed by atoms with Gasteiger partial charge in [-0.15, -0.1) is 0 Å². The molecule has 0 radical (unpaired) electrons. The van der Waals surface area contributed by atoms with Crippen molar-refractivity contribution in [1.82, 2.24) is 10.2 Å². The van der Waals surface area contributed by atoms with Crippen LogP contribution in [0.25, 0.3) is 0 Å². The maximum atomic E-state index is 12.7. The highest BCUT2D eigenvalue weighted by Crippen LogP contribution is 2.38. The third-order valence-electron chi connectivity index (χ3n) is 10.3. The van der Waals surface area contributed by atoms with Gasteiger partial charge in [-0.3, -0.25) is 9.36 Å². The summed E-state index contributed by atoms with van der Waals surface area (Å²) < 4.78 is 45.3. The van der Waals surface area contributed by atoms with Gasteiger partial charge in [0.25, 0.3) is 7.82 Å². The molecule has 0 fully saturated rings. The van der Waals surface area contributed by atoms with Crippen LogP contribution in [0.2, 0.25) is 10.0 Å². The number of nitrogens with zero attached hydrogens (tertiary/aromatic N) is 1. The number of rotatable bonds is 41. The van der Waals surface area contributed by atoms with E-state index in [4.69, 9.17) is 51.2 Å². The lowest BCUT2D eigenvalue weighted by Crippen LogP contribution is -2.29. The molecule has 15 heteroatoms. The minimum absolute atomic E-state index is 0.00128. The lowest BCUT2D eigenvalue weighted by molar-refractivity contribution is -0.230. The van der Waals surface area contributed by atoms with Gasteiger partial charge in [0.1, 0.15) is 19.7 Å². The van der Waals surface area contributed by atoms with E-state index in [0.717, 1.165) is 49.9 Å². The Kier molecular flexibility index (Phi) is 33.1. The topological polar surface area (TPSA) is 140 Å². The van der Waals surface area contributed by atoms with E-state index in [1.807, 2.05) is 43.1 Å². The summed E-state index contributed by atoms with van der Waals surface area (Å²) in [7, 11) is -2.65. The van der Waals surface area contributed by atoms with Crippen molar-refractivity contribution in [2.45, 2.75) is 142 Å². The van der Waals surface area contributed by atoms with Crippen molar-refractivity contribution in [3.8, 4) is 0 Å². The second-order valence-electron chi connectivity index (χ2n) is 15.6. The lowest BCUT2D eigenvalue weighted by atomic mass is 10.0. The van der Waals surface area contributed by atoms with Crippen LogP contribution in [0.1, 0.15) is 135 Å². The average Bonchev–Trinajstić information content (AvgIpc) is 3.24. The Hall–Kier alpha value is -1.80. The lowest BCUT2D eigenvalue weighted by Gasteiger charge is -2.26. The van der Waals surface area contributed by atoms with Gasteiger partial charge in [0.2, 0.25) is 5.91 Å². The quantitative estimate of drug-likeness (QED) is 0.0374. The van der Waals surface area contributed by atoms with Crippen LogP contribution in [0.4, 0.5) is 11.4 Å². The maximum Gasteiger partial charge on any atom is 0.268 e. The fraction of sp³-hybridized carbons (Fsp3) is 0.717. The Morgan fingerprint density at radius 2 is 1.28 bits per heavy atom. The summed E-state index contributed by atoms with van der Waals surface area (Å²) in [4.78, 5) is 27.0. The van der Waals surface area contributed by atoms with Gasteiger partial charge in [-0.05, 0) is 63.0 Å². The van der Waals surface area contributed by atoms with Crippen LogP contribution in [-0.2, 0) is 43.8 Å². The molecule has 0 saturated heterocycles. The third kappa shape index (κ3) is 29.3. The summed E-state index contributed by atoms with van der Waals surface area (Å²) in [6.45, 7) is 6.84. The van der Waals surface area contributed by atoms with E-state index in [2.05, 4.69) is 17.6 Å². The maximum absolute atomic E-state index is 12.7. The van der Waals surface area contributed by atoms with E-state index >= 15 is 0 Å². The number of para-hydroxylation sites is 2. The monoisotopic (exact) mass is 916 g/mol. The largest absolute Gasteiger partial charge is 0.756 e. The van der Waals surface area contributed by atoms with E-state index in [0.29, 0.717) is 42.0 Å². The Bertz CT molecular complexity index is 1430. The molecule has 2 atom stereocenters. The van der Waals surface area contributed by atoms with Gasteiger partial charge in [0.15, 0.2) is 0 Å². The standard InChI is InChI=1S/C46H78Cl2N3O9P/c1-4-6-7-8-9-10-11-12-13-14-15-16-17-18-23-32-55-38-57-36-41(37-60-61(53,54)59-34-31-51(3)5-2)58-39-56-33-24-19-22-30-49-45(52)35-40-26-20-21-29-44(40)50-46-42(47)27-25-28-43(46)48/h20-21,25-29,41,50H,4-19,22-24,30-39H2,1-3H3,(H,49,52)(H,53,54)/p-1. The van der Waals surface area contributed by atoms with Crippen molar-refractivity contribution in [2.24, 2.45) is 0 Å². The van der Waals surface area contributed by atoms with Gasteiger partial charge >= 0.3 is 0 Å². The molecule has 12 nitrogen and oxygen atoms in total. The molecule has 1 amide bonds. The van der Waals surface area contributed by atoms with Crippen molar-refractivity contribution in [2.75, 3.05) is 78.6 Å². The molecular weight excluding hydrogens is 840 g/mol. The van der Waals surface area contributed by atoms with E-state index in [1.165, 1.54) is 83.5 Å². The van der Waals surface area contributed by atoms with E-state index in [1.54, 1.807) is 18.2 Å². The fourth-order valence-corrected chi connectivity index (χ4v) is 7.64. The zero-order chi connectivity index (χ0) is 44.2. The van der Waals surface area contributed by atoms with Gasteiger partial charge in [-0.1, -0.05) is 151 Å². The van der Waals surface area contributed by atoms with Crippen molar-refractivity contribution >= 4 is 48.3 Å². The molecule has 0 aliphatic carbocycles. The Morgan fingerprint density at radius 1 is 0.705 bits per heavy atom. The number of hydrogen-bond donors (Lipinski definition) is 2. The van der Waals surface area contributed by atoms with Crippen molar-refractivity contribution in [1.29, 1.82) is 0 Å². The molecule has 2 rings (SSSR count). The molecule has 0 aromatic heterocycles. The molecule has 0 bridgehead atoms. The molecule has 2 N–H and O–H groups in total. The number of anilines is 2. The summed E-state index contributed by atoms with van der Waals surface area (Å²) in [6, 6.07) is 12.8. The first-order chi connectivity index (χ1) is 29.6. The smallest absolute Gasteiger partial charge is 0.268 e. The van der Waals surface area contributed by atoms with Crippen molar-refractivity contribution < 1.29 is 42.2 Å². The molecule has 0 spiro atoms. The number of unbranched alkanes of at least 4 members (excludes halogenated alkanes) is 16. The van der Waals surface area contributed by atoms with Crippen molar-refractivity contribution in [3.05, 3.63) is 58.1 Å². The Morgan fingerprint density at radius 3 is 1.90 bits per heavy atom. The van der Waals surface area contributed by atoms with Crippen LogP contribution in [-0.4, -0.2) is 90.2 Å². The highest BCUT2D eigenvalue weighted by molar-refractivity contribution is 7.45. The average molecular weight is 918 g/mol. The van der Waals surface area contributed by atoms with Crippen LogP contribution >= 0.6 is 31.0 Å². The molecule has 2 unspecified atom stereocenters. The highest BCUT2D eigenvalue weighted by atomic mass is 35.5. The number of benzene rings is 2. The van der Waals surface area contributed by atoms with Crippen LogP contribution in [0.3, 0.4) is 0 Å². The zero-order valence-electron chi connectivity index (χ0n) is 37.4. The first kappa shape index (κ1) is 55.3. The predicted molar refractivity (Wildman–Crippen MR) is 247 cm³/mol. The molecule has 350 valence electrons. The Labute approximate surface area is 378 Å². The van der Waals surface area contributed by atoms with Crippen LogP contribution < -0.4 is 15.5 Å². The van der Waals surface area contributed by atoms with Crippen molar-refractivity contribution in [3.63, 3.8) is 0 Å². The van der Waals surface area contributed by atoms with Gasteiger partial charge in [0, 0.05) is 32.0 Å². The molecule has 0 aliphatic heterocycles. The normalized spacial score (nSPS) is 13.1. The minimum atomic E-state index is -4.53. The summed E-state index contributed by atoms with van der Waals surface area (Å²) in [5.41, 5.74) is 2.18. The molecule has 0 aliphatic rings. The van der Waals surface area contributed by atoms with Gasteiger partial charge in [-0.2, -0.15) is 0 Å². The number of phosphoric ester groups is 1. The fourth-order valence-electron chi connectivity index (χ4n) is 6.42. The number of halogens is 2. The molecule has 2 aromatic rings. The van der Waals surface area contributed by atoms with E-state index in [9.17, 15) is 14.3 Å². The van der Waals surface area contributed by atoms with E-state index < -0.39 is 13.9 Å². The minimum Gasteiger partial charge on any atom is -0.756 e. The summed E-state index contributed by atoms with van der Waals surface area (Å²) >= 11 is 12.7. The van der Waals surface area contributed by atoms with Gasteiger partial charge in [-0.25, -0.2) is 0 Å². The van der Waals surface area contributed by atoms with Crippen LogP contribution in [0.5, 0.6) is 0 Å². The Balaban J connectivity index is 1.59. The zero-order valence-corrected chi connectivity index (χ0v) is 39.9. The van der Waals surface area contributed by atoms with Gasteiger partial charge in [0.05, 0.1) is 42.0 Å². The number of ether oxygens (including phenoxy) is 4. The molecule has 0 saturated carbocycles. The highest BCUT2D eigenvalue weighted by Gasteiger charge is 2.17. The second kappa shape index (κ2) is 36.5. The number of phosphoric acid groups is 1. The predicted octanol–water partition coefficient (Wildman–Crippen LogP) is 11.2. The number of carbonyl (C=O) groups excluding carboxylic acids is 1. The SMILES string of the molecule is CCCCCCCCCCCCCCCCCOCOCC(COP(=O)([O-])OCCN(C)CC)OCOCCCCCNC(=O)Cc1ccccc1Nc1c(Cl)cccc1Cl. The molecular formula is C46H77Cl2N3O9P-. The first-order valence-electron chi connectivity index (χ1n) is 22.8. The number of carbonyl (C=O) groups is 1. The molecule has 2 aromatic carbocycles. The first-order valence-corrected chi connectivity index (χ1v) is 25.1. The van der Waals surface area contributed by atoms with Crippen LogP contribution in [0.15, 0.2) is 42.5 Å². The second-order valence-corrected chi connectivity index (χ2v) is 17.8. The van der Waals surface area contributed by atoms with Gasteiger partial charge < -0.3 is 48.4 Å². The summed E-state index contributed by atoms with van der Waals surface area (Å²) in [6.07, 6.45) is 21.5. The number of likely N-dealkylation sites (N-methyl/N-ethyl adjacent to an activating group) is 1. The number of amides is 1. The molecule has 0 heterocycles. The summed E-state index contributed by atoms with van der Waals surface area (Å²) in [5, 5.41) is 7.24.